The van der Waals surface area contributed by atoms with Crippen LogP contribution in [0.5, 0.6) is 0 Å². The third kappa shape index (κ3) is 4.00. The van der Waals surface area contributed by atoms with Crippen molar-refractivity contribution in [3.63, 3.8) is 0 Å². The minimum absolute atomic E-state index is 1.02. The van der Waals surface area contributed by atoms with Crippen molar-refractivity contribution in [1.82, 2.24) is 9.38 Å². The second kappa shape index (κ2) is 10.2. The molecule has 2 nitrogen and oxygen atoms in total. The Bertz CT molecular complexity index is 3420. The molecule has 8 aromatic carbocycles. The maximum absolute atomic E-state index is 5.42. The number of fused-ring (bicyclic) bond motifs is 14. The maximum Gasteiger partial charge on any atom is 0.156 e. The molecule has 12 rings (SSSR count). The molecule has 0 aliphatic carbocycles. The highest BCUT2D eigenvalue weighted by Gasteiger charge is 2.20. The maximum atomic E-state index is 5.42. The topological polar surface area (TPSA) is 17.3 Å². The molecule has 0 unspecified atom stereocenters. The molecule has 0 N–H and O–H groups in total. The first-order valence-corrected chi connectivity index (χ1v) is 18.9. The molecular formula is C47H26N2S2. The van der Waals surface area contributed by atoms with Crippen molar-refractivity contribution in [1.29, 1.82) is 0 Å². The summed E-state index contributed by atoms with van der Waals surface area (Å²) in [4.78, 5) is 5.42. The van der Waals surface area contributed by atoms with Crippen LogP contribution in [0.4, 0.5) is 0 Å². The molecule has 0 fully saturated rings. The summed E-state index contributed by atoms with van der Waals surface area (Å²) in [7, 11) is 0. The van der Waals surface area contributed by atoms with E-state index in [2.05, 4.69) is 162 Å². The molecule has 0 atom stereocenters. The minimum Gasteiger partial charge on any atom is -0.291 e. The van der Waals surface area contributed by atoms with E-state index >= 15 is 0 Å². The lowest BCUT2D eigenvalue weighted by Crippen LogP contribution is -1.93. The quantitative estimate of drug-likeness (QED) is 0.166. The fourth-order valence-electron chi connectivity index (χ4n) is 8.26. The fraction of sp³-hybridized carbons (Fsp3) is 0. The second-order valence-electron chi connectivity index (χ2n) is 13.6. The number of aromatic nitrogens is 2. The summed E-state index contributed by atoms with van der Waals surface area (Å²) in [6, 6.07) is 58.3. The van der Waals surface area contributed by atoms with Crippen LogP contribution in [0, 0.1) is 0 Å². The molecule has 51 heavy (non-hydrogen) atoms. The summed E-state index contributed by atoms with van der Waals surface area (Å²) in [5.74, 6) is 0. The van der Waals surface area contributed by atoms with Crippen molar-refractivity contribution in [3.8, 4) is 22.4 Å². The van der Waals surface area contributed by atoms with Gasteiger partial charge < -0.3 is 0 Å². The molecule has 0 bridgehead atoms. The third-order valence-corrected chi connectivity index (χ3v) is 13.0. The van der Waals surface area contributed by atoms with Crippen LogP contribution in [-0.2, 0) is 0 Å². The van der Waals surface area contributed by atoms with E-state index in [4.69, 9.17) is 4.98 Å². The van der Waals surface area contributed by atoms with E-state index in [0.717, 1.165) is 22.4 Å². The third-order valence-electron chi connectivity index (χ3n) is 10.7. The Kier molecular flexibility index (Phi) is 5.56. The van der Waals surface area contributed by atoms with Crippen LogP contribution in [0.2, 0.25) is 0 Å². The van der Waals surface area contributed by atoms with Crippen LogP contribution < -0.4 is 0 Å². The smallest absolute Gasteiger partial charge is 0.156 e. The van der Waals surface area contributed by atoms with Crippen molar-refractivity contribution in [2.24, 2.45) is 0 Å². The van der Waals surface area contributed by atoms with Gasteiger partial charge in [-0.1, -0.05) is 103 Å². The van der Waals surface area contributed by atoms with Gasteiger partial charge in [0.05, 0.1) is 21.4 Å². The highest BCUT2D eigenvalue weighted by Crippen LogP contribution is 2.44. The summed E-state index contributed by atoms with van der Waals surface area (Å²) >= 11 is 3.72. The van der Waals surface area contributed by atoms with Gasteiger partial charge in [-0.05, 0) is 104 Å². The molecule has 4 aromatic heterocycles. The molecule has 0 aliphatic heterocycles. The van der Waals surface area contributed by atoms with E-state index in [9.17, 15) is 0 Å². The van der Waals surface area contributed by atoms with E-state index in [1.54, 1.807) is 0 Å². The predicted octanol–water partition coefficient (Wildman–Crippen LogP) is 14.0. The average Bonchev–Trinajstić information content (AvgIpc) is 3.87. The molecule has 0 saturated carbocycles. The van der Waals surface area contributed by atoms with Gasteiger partial charge in [0.2, 0.25) is 0 Å². The Morgan fingerprint density at radius 1 is 0.412 bits per heavy atom. The number of benzene rings is 8. The van der Waals surface area contributed by atoms with Gasteiger partial charge in [0.1, 0.15) is 0 Å². The zero-order valence-corrected chi connectivity index (χ0v) is 28.9. The molecule has 0 amide bonds. The Hall–Kier alpha value is -6.07. The van der Waals surface area contributed by atoms with Crippen molar-refractivity contribution < 1.29 is 0 Å². The Morgan fingerprint density at radius 3 is 1.92 bits per heavy atom. The first-order chi connectivity index (χ1) is 25.2. The highest BCUT2D eigenvalue weighted by molar-refractivity contribution is 7.26. The van der Waals surface area contributed by atoms with Gasteiger partial charge in [-0.15, -0.1) is 22.7 Å². The number of nitrogens with zero attached hydrogens (tertiary/aromatic N) is 2. The average molecular weight is 683 g/mol. The normalized spacial score (nSPS) is 12.3. The Labute approximate surface area is 300 Å². The number of imidazole rings is 1. The van der Waals surface area contributed by atoms with E-state index in [1.165, 1.54) is 89.4 Å². The molecule has 4 heterocycles. The molecule has 0 saturated heterocycles. The number of pyridine rings is 1. The number of rotatable bonds is 2. The van der Waals surface area contributed by atoms with Crippen LogP contribution in [0.25, 0.3) is 112 Å². The summed E-state index contributed by atoms with van der Waals surface area (Å²) in [6.07, 6.45) is 0. The minimum atomic E-state index is 1.02. The molecule has 12 aromatic rings. The van der Waals surface area contributed by atoms with Gasteiger partial charge in [-0.3, -0.25) is 4.40 Å². The first kappa shape index (κ1) is 27.7. The fourth-order valence-corrected chi connectivity index (χ4v) is 10.5. The summed E-state index contributed by atoms with van der Waals surface area (Å²) in [6.45, 7) is 0. The van der Waals surface area contributed by atoms with Gasteiger partial charge in [0, 0.05) is 35.6 Å². The largest absolute Gasteiger partial charge is 0.291 e. The van der Waals surface area contributed by atoms with Crippen molar-refractivity contribution >= 4 is 112 Å². The molecule has 0 aliphatic rings. The van der Waals surface area contributed by atoms with E-state index in [0.29, 0.717) is 0 Å². The molecule has 0 radical (unpaired) electrons. The predicted molar refractivity (Wildman–Crippen MR) is 222 cm³/mol. The SMILES string of the molecule is c1ccc2cc3cc4c(cc3cc2c1)nc1c2sc3ccc5ccccc5c3c2cc(-c2ccc(-c3ccc5sc6ccccc6c5c3)cc2)n41. The number of hydrogen-bond donors (Lipinski definition) is 0. The van der Waals surface area contributed by atoms with Crippen LogP contribution in [0.15, 0.2) is 158 Å². The lowest BCUT2D eigenvalue weighted by Gasteiger charge is -2.11. The van der Waals surface area contributed by atoms with E-state index in [1.807, 2.05) is 22.7 Å². The monoisotopic (exact) mass is 682 g/mol. The molecule has 236 valence electrons. The van der Waals surface area contributed by atoms with E-state index in [-0.39, 0.29) is 0 Å². The Balaban J connectivity index is 1.13. The van der Waals surface area contributed by atoms with Gasteiger partial charge in [-0.2, -0.15) is 0 Å². The lowest BCUT2D eigenvalue weighted by atomic mass is 9.99. The van der Waals surface area contributed by atoms with Crippen molar-refractivity contribution in [3.05, 3.63) is 158 Å². The zero-order chi connectivity index (χ0) is 33.2. The standard InChI is InChI=1S/C47H26N2S2/c1-2-9-31-22-34-25-41-39(24-33(34)21-30(31)8-1)48-47-46-38(45-35-10-4-3-7-28(35)17-20-44(45)51-46)26-40(49(41)47)29-15-13-27(14-16-29)32-18-19-43-37(23-32)36-11-5-6-12-42(36)50-43/h1-26H. The molecule has 0 spiro atoms. The van der Waals surface area contributed by atoms with Crippen molar-refractivity contribution in [2.45, 2.75) is 0 Å². The summed E-state index contributed by atoms with van der Waals surface area (Å²) in [5.41, 5.74) is 7.94. The van der Waals surface area contributed by atoms with Crippen LogP contribution in [-0.4, -0.2) is 9.38 Å². The molecular weight excluding hydrogens is 657 g/mol. The van der Waals surface area contributed by atoms with Crippen LogP contribution >= 0.6 is 22.7 Å². The van der Waals surface area contributed by atoms with Gasteiger partial charge in [0.15, 0.2) is 5.65 Å². The highest BCUT2D eigenvalue weighted by atomic mass is 32.1. The molecule has 4 heteroatoms. The number of thiophene rings is 2. The summed E-state index contributed by atoms with van der Waals surface area (Å²) < 4.78 is 7.58. The van der Waals surface area contributed by atoms with Gasteiger partial charge in [-0.25, -0.2) is 4.98 Å². The number of hydrogen-bond acceptors (Lipinski definition) is 3. The zero-order valence-electron chi connectivity index (χ0n) is 27.2. The first-order valence-electron chi connectivity index (χ1n) is 17.3. The lowest BCUT2D eigenvalue weighted by molar-refractivity contribution is 1.25. The Morgan fingerprint density at radius 2 is 1.08 bits per heavy atom. The van der Waals surface area contributed by atoms with Crippen LogP contribution in [0.3, 0.4) is 0 Å². The van der Waals surface area contributed by atoms with Gasteiger partial charge in [0.25, 0.3) is 0 Å². The van der Waals surface area contributed by atoms with E-state index < -0.39 is 0 Å². The van der Waals surface area contributed by atoms with Crippen LogP contribution in [0.1, 0.15) is 0 Å². The summed E-state index contributed by atoms with van der Waals surface area (Å²) in [5, 5.41) is 12.7. The van der Waals surface area contributed by atoms with Crippen molar-refractivity contribution in [2.75, 3.05) is 0 Å². The van der Waals surface area contributed by atoms with Gasteiger partial charge >= 0.3 is 0 Å². The second-order valence-corrected chi connectivity index (χ2v) is 15.7.